The quantitative estimate of drug-likeness (QED) is 0.185. The zero-order valence-electron chi connectivity index (χ0n) is 27.7. The second-order valence-electron chi connectivity index (χ2n) is 12.8. The van der Waals surface area contributed by atoms with Crippen LogP contribution in [0, 0.1) is 5.82 Å². The Balaban J connectivity index is 1.05. The van der Waals surface area contributed by atoms with E-state index in [0.717, 1.165) is 52.4 Å². The zero-order valence-corrected chi connectivity index (χ0v) is 27.7. The van der Waals surface area contributed by atoms with Gasteiger partial charge < -0.3 is 10.0 Å². The van der Waals surface area contributed by atoms with Crippen molar-refractivity contribution in [2.75, 3.05) is 31.1 Å². The average Bonchev–Trinajstić information content (AvgIpc) is 3.38. The van der Waals surface area contributed by atoms with Gasteiger partial charge in [0.2, 0.25) is 11.8 Å². The Bertz CT molecular complexity index is 2000. The molecule has 0 spiro atoms. The number of hydrogen-bond acceptors (Lipinski definition) is 7. The predicted molar refractivity (Wildman–Crippen MR) is 188 cm³/mol. The van der Waals surface area contributed by atoms with Crippen molar-refractivity contribution in [3.63, 3.8) is 0 Å². The molecule has 9 nitrogen and oxygen atoms in total. The van der Waals surface area contributed by atoms with Crippen LogP contribution in [0.5, 0.6) is 5.75 Å². The van der Waals surface area contributed by atoms with E-state index in [1.165, 1.54) is 17.7 Å². The molecule has 3 aliphatic rings. The lowest BCUT2D eigenvalue weighted by Crippen LogP contribution is -2.54. The van der Waals surface area contributed by atoms with E-state index in [0.29, 0.717) is 18.7 Å². The number of hydrogen-bond donors (Lipinski definition) is 2. The van der Waals surface area contributed by atoms with Crippen molar-refractivity contribution in [1.82, 2.24) is 15.1 Å². The summed E-state index contributed by atoms with van der Waals surface area (Å²) in [7, 11) is 0. The van der Waals surface area contributed by atoms with E-state index >= 15 is 4.39 Å². The first-order valence-corrected chi connectivity index (χ1v) is 16.9. The van der Waals surface area contributed by atoms with Gasteiger partial charge in [-0.3, -0.25) is 34.3 Å². The van der Waals surface area contributed by atoms with Crippen LogP contribution in [0.25, 0.3) is 11.1 Å². The van der Waals surface area contributed by atoms with Gasteiger partial charge in [0.15, 0.2) is 0 Å². The van der Waals surface area contributed by atoms with Crippen LogP contribution in [0.3, 0.4) is 0 Å². The Hall–Kier alpha value is -5.61. The summed E-state index contributed by atoms with van der Waals surface area (Å²) in [5, 5.41) is 12.1. The van der Waals surface area contributed by atoms with Gasteiger partial charge in [0, 0.05) is 50.4 Å². The van der Waals surface area contributed by atoms with Gasteiger partial charge in [-0.15, -0.1) is 0 Å². The highest BCUT2D eigenvalue weighted by atomic mass is 19.1. The van der Waals surface area contributed by atoms with Crippen molar-refractivity contribution in [2.45, 2.75) is 38.8 Å². The van der Waals surface area contributed by atoms with E-state index in [4.69, 9.17) is 0 Å². The number of allylic oxidation sites excluding steroid dienone is 1. The molecule has 0 radical (unpaired) electrons. The topological polar surface area (TPSA) is 110 Å². The molecule has 1 atom stereocenters. The number of halogens is 1. The first-order chi connectivity index (χ1) is 24.2. The monoisotopic (exact) mass is 672 g/mol. The van der Waals surface area contributed by atoms with Crippen LogP contribution in [0.4, 0.5) is 10.1 Å². The summed E-state index contributed by atoms with van der Waals surface area (Å²) in [6.45, 7) is 5.19. The highest BCUT2D eigenvalue weighted by molar-refractivity contribution is 6.23. The standard InChI is InChI=1S/C40H37FN4O5/c1-2-31(25-6-4-3-5-7-25)35(27-10-15-30(46)16-11-27)26-8-13-29(14-9-26)44-22-20-43(21-23-44)24-28-12-17-32-36(37(28)41)40(50)45(39(32)49)33-18-19-34(47)42-38(33)48/h3-17,33,46H,2,18-24H2,1H3,(H,42,47,48). The van der Waals surface area contributed by atoms with Crippen LogP contribution in [-0.2, 0) is 16.1 Å². The minimum atomic E-state index is -1.14. The molecule has 10 heteroatoms. The Morgan fingerprint density at radius 1 is 0.800 bits per heavy atom. The summed E-state index contributed by atoms with van der Waals surface area (Å²) >= 11 is 0. The van der Waals surface area contributed by atoms with E-state index in [9.17, 15) is 24.3 Å². The minimum absolute atomic E-state index is 0.000392. The number of carbonyl (C=O) groups excluding carboxylic acids is 4. The molecule has 2 fully saturated rings. The van der Waals surface area contributed by atoms with Crippen molar-refractivity contribution >= 4 is 40.5 Å². The number of rotatable bonds is 8. The van der Waals surface area contributed by atoms with E-state index < -0.39 is 35.5 Å². The van der Waals surface area contributed by atoms with Gasteiger partial charge in [0.1, 0.15) is 17.6 Å². The summed E-state index contributed by atoms with van der Waals surface area (Å²) in [5.41, 5.74) is 6.61. The second kappa shape index (κ2) is 13.7. The van der Waals surface area contributed by atoms with Gasteiger partial charge in [-0.1, -0.05) is 67.6 Å². The maximum atomic E-state index is 15.8. The van der Waals surface area contributed by atoms with Crippen molar-refractivity contribution in [3.05, 3.63) is 130 Å². The second-order valence-corrected chi connectivity index (χ2v) is 12.8. The Kier molecular flexibility index (Phi) is 9.03. The number of nitrogens with zero attached hydrogens (tertiary/aromatic N) is 3. The summed E-state index contributed by atoms with van der Waals surface area (Å²) in [6, 6.07) is 28.0. The van der Waals surface area contributed by atoms with Gasteiger partial charge in [-0.2, -0.15) is 0 Å². The van der Waals surface area contributed by atoms with Crippen LogP contribution in [0.15, 0.2) is 91.0 Å². The third-order valence-electron chi connectivity index (χ3n) is 9.85. The molecule has 4 amide bonds. The molecule has 0 saturated carbocycles. The lowest BCUT2D eigenvalue weighted by Gasteiger charge is -2.36. The zero-order chi connectivity index (χ0) is 34.9. The molecule has 2 saturated heterocycles. The number of carbonyl (C=O) groups is 4. The molecule has 2 N–H and O–H groups in total. The van der Waals surface area contributed by atoms with Crippen LogP contribution in [0.1, 0.15) is 69.2 Å². The molecule has 254 valence electrons. The molecule has 7 rings (SSSR count). The van der Waals surface area contributed by atoms with Crippen molar-refractivity contribution < 1.29 is 28.7 Å². The van der Waals surface area contributed by atoms with Crippen molar-refractivity contribution in [1.29, 1.82) is 0 Å². The number of piperazine rings is 1. The van der Waals surface area contributed by atoms with Gasteiger partial charge in [0.25, 0.3) is 11.8 Å². The molecule has 50 heavy (non-hydrogen) atoms. The number of piperidine rings is 1. The molecular weight excluding hydrogens is 635 g/mol. The first-order valence-electron chi connectivity index (χ1n) is 16.9. The summed E-state index contributed by atoms with van der Waals surface area (Å²) in [6.07, 6.45) is 0.846. The molecule has 4 aromatic rings. The summed E-state index contributed by atoms with van der Waals surface area (Å²) in [5.74, 6) is -3.27. The van der Waals surface area contributed by atoms with Crippen LogP contribution in [0.2, 0.25) is 0 Å². The van der Waals surface area contributed by atoms with Gasteiger partial charge in [-0.25, -0.2) is 4.39 Å². The van der Waals surface area contributed by atoms with Crippen LogP contribution < -0.4 is 10.2 Å². The maximum absolute atomic E-state index is 15.8. The molecule has 1 unspecified atom stereocenters. The minimum Gasteiger partial charge on any atom is -0.508 e. The number of nitrogens with one attached hydrogen (secondary N) is 1. The van der Waals surface area contributed by atoms with E-state index in [-0.39, 0.29) is 36.3 Å². The predicted octanol–water partition coefficient (Wildman–Crippen LogP) is 5.62. The molecule has 0 aliphatic carbocycles. The normalized spacial score (nSPS) is 18.6. The number of benzene rings is 4. The molecular formula is C40H37FN4O5. The van der Waals surface area contributed by atoms with Gasteiger partial charge in [-0.05, 0) is 71.0 Å². The Morgan fingerprint density at radius 3 is 2.10 bits per heavy atom. The third-order valence-corrected chi connectivity index (χ3v) is 9.85. The third kappa shape index (κ3) is 6.18. The highest BCUT2D eigenvalue weighted by Gasteiger charge is 2.46. The maximum Gasteiger partial charge on any atom is 0.265 e. The fourth-order valence-electron chi connectivity index (χ4n) is 7.23. The van der Waals surface area contributed by atoms with Crippen LogP contribution in [-0.4, -0.2) is 70.8 Å². The summed E-state index contributed by atoms with van der Waals surface area (Å²) in [4.78, 5) is 55.5. The average molecular weight is 673 g/mol. The van der Waals surface area contributed by atoms with E-state index in [1.54, 1.807) is 12.1 Å². The largest absolute Gasteiger partial charge is 0.508 e. The number of imide groups is 2. The molecule has 0 aromatic heterocycles. The number of anilines is 1. The summed E-state index contributed by atoms with van der Waals surface area (Å²) < 4.78 is 15.8. The molecule has 3 aliphatic heterocycles. The number of aromatic hydroxyl groups is 1. The number of phenolic OH excluding ortho intramolecular Hbond substituents is 1. The van der Waals surface area contributed by atoms with Gasteiger partial charge >= 0.3 is 0 Å². The molecule has 3 heterocycles. The molecule has 4 aromatic carbocycles. The molecule has 0 bridgehead atoms. The van der Waals surface area contributed by atoms with Crippen molar-refractivity contribution in [2.24, 2.45) is 0 Å². The fraction of sp³-hybridized carbons (Fsp3) is 0.250. The van der Waals surface area contributed by atoms with Crippen molar-refractivity contribution in [3.8, 4) is 5.75 Å². The number of fused-ring (bicyclic) bond motifs is 1. The fourth-order valence-corrected chi connectivity index (χ4v) is 7.23. The highest BCUT2D eigenvalue weighted by Crippen LogP contribution is 2.36. The Morgan fingerprint density at radius 2 is 1.46 bits per heavy atom. The van der Waals surface area contributed by atoms with E-state index in [1.807, 2.05) is 30.3 Å². The SMILES string of the molecule is CCC(=C(c1ccc(O)cc1)c1ccc(N2CCN(Cc3ccc4c(c3F)C(=O)N(C3CCC(=O)NC3=O)C4=O)CC2)cc1)c1ccccc1. The lowest BCUT2D eigenvalue weighted by molar-refractivity contribution is -0.136. The van der Waals surface area contributed by atoms with E-state index in [2.05, 4.69) is 58.4 Å². The Labute approximate surface area is 289 Å². The number of phenols is 1. The van der Waals surface area contributed by atoms with Gasteiger partial charge in [0.05, 0.1) is 11.1 Å². The lowest BCUT2D eigenvalue weighted by atomic mass is 9.88. The van der Waals surface area contributed by atoms with Crippen LogP contribution >= 0.6 is 0 Å². The number of amides is 4. The smallest absolute Gasteiger partial charge is 0.265 e. The first kappa shape index (κ1) is 32.9.